The van der Waals surface area contributed by atoms with Crippen LogP contribution in [0.15, 0.2) is 4.99 Å². The van der Waals surface area contributed by atoms with Crippen molar-refractivity contribution in [3.63, 3.8) is 0 Å². The van der Waals surface area contributed by atoms with Gasteiger partial charge in [0.2, 0.25) is 17.6 Å². The number of aliphatic imine (C=N–C) groups is 1. The van der Waals surface area contributed by atoms with Gasteiger partial charge in [0.15, 0.2) is 0 Å². The van der Waals surface area contributed by atoms with Crippen LogP contribution in [0.3, 0.4) is 0 Å². The maximum absolute atomic E-state index is 13.7. The molecule has 12 nitrogen and oxygen atoms in total. The number of aliphatic carboxylic acids is 1. The van der Waals surface area contributed by atoms with Crippen LogP contribution in [0.5, 0.6) is 0 Å². The third-order valence-corrected chi connectivity index (χ3v) is 5.83. The van der Waals surface area contributed by atoms with E-state index in [0.29, 0.717) is 12.8 Å². The molecule has 3 unspecified atom stereocenters. The third-order valence-electron chi connectivity index (χ3n) is 5.83. The molecule has 1 fully saturated rings. The van der Waals surface area contributed by atoms with Crippen molar-refractivity contribution in [2.45, 2.75) is 78.6 Å². The van der Waals surface area contributed by atoms with E-state index in [1.54, 1.807) is 0 Å². The number of carbonyl (C=O) groups excluding carboxylic acids is 4. The van der Waals surface area contributed by atoms with Crippen LogP contribution in [0.2, 0.25) is 0 Å². The summed E-state index contributed by atoms with van der Waals surface area (Å²) in [7, 11) is 1.52. The van der Waals surface area contributed by atoms with Crippen LogP contribution >= 0.6 is 0 Å². The summed E-state index contributed by atoms with van der Waals surface area (Å²) in [6.07, 6.45) is 0.623. The summed E-state index contributed by atoms with van der Waals surface area (Å²) >= 11 is 0. The second-order valence-electron chi connectivity index (χ2n) is 10.2. The van der Waals surface area contributed by atoms with Crippen LogP contribution < -0.4 is 10.6 Å². The van der Waals surface area contributed by atoms with E-state index in [1.165, 1.54) is 18.9 Å². The Morgan fingerprint density at radius 2 is 1.81 bits per heavy atom. The first-order valence-electron chi connectivity index (χ1n) is 12.3. The molecule has 1 heterocycles. The van der Waals surface area contributed by atoms with Crippen molar-refractivity contribution in [2.24, 2.45) is 10.4 Å². The summed E-state index contributed by atoms with van der Waals surface area (Å²) in [5.41, 5.74) is -0.604. The number of ether oxygens (including phenoxy) is 1. The topological polar surface area (TPSA) is 158 Å². The third kappa shape index (κ3) is 8.97. The van der Waals surface area contributed by atoms with Crippen LogP contribution in [-0.2, 0) is 28.7 Å². The molecule has 3 amide bonds. The van der Waals surface area contributed by atoms with E-state index in [-0.39, 0.29) is 24.6 Å². The molecule has 13 heteroatoms. The minimum Gasteiger partial charge on any atom is -0.480 e. The average molecular weight is 530 g/mol. The molecule has 1 saturated heterocycles. The number of hydrogen-bond donors (Lipinski definition) is 3. The molecular formula is C24H40FN5O7. The van der Waals surface area contributed by atoms with E-state index >= 15 is 0 Å². The van der Waals surface area contributed by atoms with Crippen LogP contribution in [-0.4, -0.2) is 108 Å². The Hall–Kier alpha value is -3.25. The van der Waals surface area contributed by atoms with Gasteiger partial charge in [-0.05, 0) is 39.0 Å². The highest BCUT2D eigenvalue weighted by Gasteiger charge is 2.44. The lowest BCUT2D eigenvalue weighted by Crippen LogP contribution is -2.60. The fourth-order valence-electron chi connectivity index (χ4n) is 3.95. The highest BCUT2D eigenvalue weighted by atomic mass is 19.1. The van der Waals surface area contributed by atoms with E-state index in [9.17, 15) is 28.4 Å². The lowest BCUT2D eigenvalue weighted by Gasteiger charge is -2.37. The van der Waals surface area contributed by atoms with Gasteiger partial charge in [-0.3, -0.25) is 24.0 Å². The van der Waals surface area contributed by atoms with Crippen molar-refractivity contribution in [2.75, 3.05) is 33.4 Å². The van der Waals surface area contributed by atoms with Gasteiger partial charge in [0, 0.05) is 20.1 Å². The van der Waals surface area contributed by atoms with Crippen LogP contribution in [0, 0.1) is 5.41 Å². The number of nitrogens with zero attached hydrogens (tertiary/aromatic N) is 3. The number of carboxylic acids is 1. The number of carboxylic acid groups (broad SMARTS) is 1. The molecular weight excluding hydrogens is 489 g/mol. The predicted molar refractivity (Wildman–Crippen MR) is 133 cm³/mol. The second kappa shape index (κ2) is 13.9. The number of amides is 3. The lowest BCUT2D eigenvalue weighted by atomic mass is 9.85. The molecule has 1 aliphatic rings. The van der Waals surface area contributed by atoms with E-state index < -0.39 is 66.9 Å². The summed E-state index contributed by atoms with van der Waals surface area (Å²) in [6, 6.07) is -2.95. The number of halogens is 1. The first-order valence-corrected chi connectivity index (χ1v) is 12.3. The molecule has 3 N–H and O–H groups in total. The molecule has 0 aromatic carbocycles. The minimum atomic E-state index is -1.36. The zero-order valence-corrected chi connectivity index (χ0v) is 22.7. The monoisotopic (exact) mass is 529 g/mol. The molecule has 0 radical (unpaired) electrons. The summed E-state index contributed by atoms with van der Waals surface area (Å²) in [5.74, 6) is -4.66. The number of amidine groups is 1. The Labute approximate surface area is 217 Å². The van der Waals surface area contributed by atoms with E-state index in [1.807, 2.05) is 39.9 Å². The van der Waals surface area contributed by atoms with Crippen LogP contribution in [0.25, 0.3) is 0 Å². The quantitative estimate of drug-likeness (QED) is 0.197. The van der Waals surface area contributed by atoms with Crippen molar-refractivity contribution >= 4 is 35.5 Å². The Bertz CT molecular complexity index is 887. The van der Waals surface area contributed by atoms with Gasteiger partial charge >= 0.3 is 5.97 Å². The second-order valence-corrected chi connectivity index (χ2v) is 10.2. The van der Waals surface area contributed by atoms with Gasteiger partial charge in [-0.2, -0.15) is 0 Å². The SMILES string of the molecule is CN=C(NC(C(=O)N1CCCC1C(=O)N(CCF)C(C)C(=O)C(=O)NCC(=O)O)C(C)(C)C)OC(C)C. The summed E-state index contributed by atoms with van der Waals surface area (Å²) < 4.78 is 19.0. The Morgan fingerprint density at radius 3 is 2.30 bits per heavy atom. The molecule has 1 aliphatic heterocycles. The van der Waals surface area contributed by atoms with Crippen molar-refractivity contribution in [1.29, 1.82) is 0 Å². The number of alkyl halides is 1. The lowest BCUT2D eigenvalue weighted by molar-refractivity contribution is -0.151. The summed E-state index contributed by atoms with van der Waals surface area (Å²) in [5, 5.41) is 13.7. The molecule has 210 valence electrons. The van der Waals surface area contributed by atoms with Crippen molar-refractivity contribution in [3.8, 4) is 0 Å². The molecule has 0 aliphatic carbocycles. The number of rotatable bonds is 11. The van der Waals surface area contributed by atoms with Gasteiger partial charge in [0.05, 0.1) is 12.1 Å². The molecule has 0 saturated carbocycles. The summed E-state index contributed by atoms with van der Waals surface area (Å²) in [6.45, 7) is 8.52. The first kappa shape index (κ1) is 31.8. The highest BCUT2D eigenvalue weighted by Crippen LogP contribution is 2.27. The smallest absolute Gasteiger partial charge is 0.322 e. The van der Waals surface area contributed by atoms with E-state index in [2.05, 4.69) is 10.3 Å². The van der Waals surface area contributed by atoms with Gasteiger partial charge in [-0.1, -0.05) is 20.8 Å². The number of carbonyl (C=O) groups is 5. The Balaban J connectivity index is 3.18. The van der Waals surface area contributed by atoms with Crippen molar-refractivity contribution in [1.82, 2.24) is 20.4 Å². The van der Waals surface area contributed by atoms with Gasteiger partial charge in [-0.15, -0.1) is 0 Å². The molecule has 0 aromatic heterocycles. The standard InChI is InChI=1S/C24H40FN5O7/c1-14(2)37-23(26-7)28-19(24(4,5)6)22(36)30-11-8-9-16(30)21(35)29(12-10-25)15(3)18(33)20(34)27-13-17(31)32/h14-16,19H,8-13H2,1-7H3,(H,26,28)(H,27,34)(H,31,32). The summed E-state index contributed by atoms with van der Waals surface area (Å²) in [4.78, 5) is 68.9. The number of nitrogens with one attached hydrogen (secondary N) is 2. The highest BCUT2D eigenvalue weighted by molar-refractivity contribution is 6.38. The maximum atomic E-state index is 13.7. The van der Waals surface area contributed by atoms with Crippen molar-refractivity contribution in [3.05, 3.63) is 0 Å². The van der Waals surface area contributed by atoms with E-state index in [4.69, 9.17) is 9.84 Å². The number of ketones is 1. The van der Waals surface area contributed by atoms with Crippen molar-refractivity contribution < 1.29 is 38.2 Å². The number of likely N-dealkylation sites (tertiary alicyclic amines) is 1. The van der Waals surface area contributed by atoms with Gasteiger partial charge in [0.1, 0.15) is 25.3 Å². The predicted octanol–water partition coefficient (Wildman–Crippen LogP) is 0.349. The Morgan fingerprint density at radius 1 is 1.19 bits per heavy atom. The molecule has 0 aromatic rings. The largest absolute Gasteiger partial charge is 0.480 e. The van der Waals surface area contributed by atoms with Gasteiger partial charge in [-0.25, -0.2) is 9.38 Å². The van der Waals surface area contributed by atoms with E-state index in [0.717, 1.165) is 4.90 Å². The van der Waals surface area contributed by atoms with Crippen LogP contribution in [0.1, 0.15) is 54.4 Å². The normalized spacial score (nSPS) is 17.7. The van der Waals surface area contributed by atoms with Crippen LogP contribution in [0.4, 0.5) is 4.39 Å². The molecule has 1 rings (SSSR count). The Kier molecular flexibility index (Phi) is 11.9. The molecule has 37 heavy (non-hydrogen) atoms. The molecule has 3 atom stereocenters. The fraction of sp³-hybridized carbons (Fsp3) is 0.750. The fourth-order valence-corrected chi connectivity index (χ4v) is 3.95. The maximum Gasteiger partial charge on any atom is 0.322 e. The van der Waals surface area contributed by atoms with Gasteiger partial charge in [0.25, 0.3) is 11.9 Å². The number of hydrogen-bond acceptors (Lipinski definition) is 7. The average Bonchev–Trinajstić information content (AvgIpc) is 3.30. The zero-order valence-electron chi connectivity index (χ0n) is 22.7. The number of Topliss-reactive ketones (excluding diaryl/α,β-unsaturated/α-hetero) is 1. The van der Waals surface area contributed by atoms with Gasteiger partial charge < -0.3 is 30.3 Å². The first-order chi connectivity index (χ1) is 17.1. The molecule has 0 spiro atoms. The zero-order chi connectivity index (χ0) is 28.5. The minimum absolute atomic E-state index is 0.177. The molecule has 0 bridgehead atoms.